The number of piperidine rings is 1. The number of anilines is 3. The molecule has 0 radical (unpaired) electrons. The van der Waals surface area contributed by atoms with Crippen LogP contribution in [0, 0.1) is 5.82 Å². The number of hydrogen-bond donors (Lipinski definition) is 5. The van der Waals surface area contributed by atoms with Crippen molar-refractivity contribution < 1.29 is 61.6 Å². The predicted octanol–water partition coefficient (Wildman–Crippen LogP) is 5.43. The van der Waals surface area contributed by atoms with Gasteiger partial charge in [-0.2, -0.15) is 0 Å². The Kier molecular flexibility index (Phi) is 18.1. The van der Waals surface area contributed by atoms with E-state index in [1.54, 1.807) is 54.7 Å². The number of halogens is 1. The highest BCUT2D eigenvalue weighted by Crippen LogP contribution is 2.36. The fourth-order valence-corrected chi connectivity index (χ4v) is 8.87. The number of nitrogens with zero attached hydrogens (tertiary/aromatic N) is 2. The van der Waals surface area contributed by atoms with Crippen LogP contribution in [0.15, 0.2) is 96.0 Å². The number of aromatic nitrogens is 1. The molecule has 6 N–H and O–H groups in total. The van der Waals surface area contributed by atoms with E-state index in [2.05, 4.69) is 25.7 Å². The van der Waals surface area contributed by atoms with Gasteiger partial charge in [-0.3, -0.25) is 39.0 Å². The zero-order chi connectivity index (χ0) is 51.1. The summed E-state index contributed by atoms with van der Waals surface area (Å²) in [6.45, 7) is 3.78. The van der Waals surface area contributed by atoms with Gasteiger partial charge in [0.1, 0.15) is 30.0 Å². The molecule has 3 aliphatic heterocycles. The molecule has 6 amide bonds. The molecule has 0 bridgehead atoms. The second kappa shape index (κ2) is 25.4. The van der Waals surface area contributed by atoms with E-state index in [1.807, 2.05) is 24.3 Å². The van der Waals surface area contributed by atoms with Crippen LogP contribution in [0.5, 0.6) is 5.75 Å². The molecular formula is C52H54FN7O12S. The van der Waals surface area contributed by atoms with Crippen LogP contribution in [0.3, 0.4) is 0 Å². The van der Waals surface area contributed by atoms with Gasteiger partial charge in [0.25, 0.3) is 17.7 Å². The Hall–Kier alpha value is -7.27. The number of fused-ring (bicyclic) bond motifs is 2. The first-order valence-electron chi connectivity index (χ1n) is 23.7. The summed E-state index contributed by atoms with van der Waals surface area (Å²) in [7, 11) is 0. The lowest BCUT2D eigenvalue weighted by atomic mass is 9.94. The molecule has 21 heteroatoms. The number of nitrogen functional groups attached to an aromatic ring is 1. The molecule has 1 unspecified atom stereocenters. The number of nitrogens with one attached hydrogen (secondary N) is 4. The van der Waals surface area contributed by atoms with Crippen molar-refractivity contribution in [1.82, 2.24) is 20.5 Å². The third-order valence-electron chi connectivity index (χ3n) is 11.8. The van der Waals surface area contributed by atoms with Gasteiger partial charge in [0.15, 0.2) is 0 Å². The molecule has 8 rings (SSSR count). The van der Waals surface area contributed by atoms with Crippen molar-refractivity contribution in [2.24, 2.45) is 0 Å². The molecule has 1 atom stereocenters. The topological polar surface area (TPSA) is 248 Å². The fraction of sp³-hybridized carbons (Fsp3) is 0.327. The molecule has 73 heavy (non-hydrogen) atoms. The summed E-state index contributed by atoms with van der Waals surface area (Å²) in [5, 5.41) is 7.89. The Morgan fingerprint density at radius 2 is 1.40 bits per heavy atom. The molecule has 19 nitrogen and oxygen atoms in total. The molecule has 0 aliphatic carbocycles. The average Bonchev–Trinajstić information content (AvgIpc) is 3.64. The van der Waals surface area contributed by atoms with Crippen LogP contribution in [-0.4, -0.2) is 131 Å². The van der Waals surface area contributed by atoms with Gasteiger partial charge in [-0.05, 0) is 90.5 Å². The van der Waals surface area contributed by atoms with Crippen molar-refractivity contribution in [3.63, 3.8) is 0 Å². The van der Waals surface area contributed by atoms with Crippen molar-refractivity contribution >= 4 is 64.6 Å². The van der Waals surface area contributed by atoms with Gasteiger partial charge in [0, 0.05) is 57.7 Å². The highest BCUT2D eigenvalue weighted by atomic mass is 32.2. The minimum Gasteiger partial charge on any atom is -0.490 e. The van der Waals surface area contributed by atoms with Gasteiger partial charge < -0.3 is 49.5 Å². The number of carbonyl (C=O) groups is 6. The molecule has 0 spiro atoms. The molecule has 4 aromatic carbocycles. The van der Waals surface area contributed by atoms with E-state index in [1.165, 1.54) is 24.1 Å². The second-order valence-corrected chi connectivity index (χ2v) is 17.7. The number of hydrogen-bond acceptors (Lipinski definition) is 16. The predicted molar refractivity (Wildman–Crippen MR) is 267 cm³/mol. The number of amides is 6. The lowest BCUT2D eigenvalue weighted by molar-refractivity contribution is -0.136. The number of benzene rings is 4. The number of pyridine rings is 1. The molecule has 0 saturated carbocycles. The number of nitrogens with two attached hydrogens (primary N) is 1. The molecule has 3 aliphatic rings. The summed E-state index contributed by atoms with van der Waals surface area (Å²) in [5.74, 6) is -2.60. The molecule has 1 fully saturated rings. The Labute approximate surface area is 424 Å². The summed E-state index contributed by atoms with van der Waals surface area (Å²) in [6, 6.07) is 23.1. The monoisotopic (exact) mass is 1020 g/mol. The lowest BCUT2D eigenvalue weighted by Gasteiger charge is -2.27. The zero-order valence-corrected chi connectivity index (χ0v) is 40.5. The first-order valence-corrected chi connectivity index (χ1v) is 24.5. The third-order valence-corrected chi connectivity index (χ3v) is 12.6. The van der Waals surface area contributed by atoms with E-state index in [4.69, 9.17) is 34.2 Å². The Morgan fingerprint density at radius 3 is 2.12 bits per heavy atom. The van der Waals surface area contributed by atoms with Crippen molar-refractivity contribution in [3.8, 4) is 28.0 Å². The van der Waals surface area contributed by atoms with E-state index in [0.717, 1.165) is 16.0 Å². The van der Waals surface area contributed by atoms with Crippen LogP contribution in [-0.2, 0) is 44.5 Å². The molecule has 1 saturated heterocycles. The van der Waals surface area contributed by atoms with Gasteiger partial charge >= 0.3 is 0 Å². The Bertz CT molecular complexity index is 2850. The van der Waals surface area contributed by atoms with Gasteiger partial charge in [-0.1, -0.05) is 30.3 Å². The summed E-state index contributed by atoms with van der Waals surface area (Å²) < 4.78 is 52.2. The Morgan fingerprint density at radius 1 is 0.712 bits per heavy atom. The van der Waals surface area contributed by atoms with Crippen LogP contribution in [0.4, 0.5) is 21.6 Å². The van der Waals surface area contributed by atoms with Crippen molar-refractivity contribution in [2.45, 2.75) is 36.6 Å². The highest BCUT2D eigenvalue weighted by Gasteiger charge is 2.46. The number of imide groups is 2. The molecule has 5 aromatic rings. The highest BCUT2D eigenvalue weighted by molar-refractivity contribution is 8.00. The zero-order valence-electron chi connectivity index (χ0n) is 39.7. The van der Waals surface area contributed by atoms with Crippen molar-refractivity contribution in [3.05, 3.63) is 119 Å². The average molecular weight is 1020 g/mol. The van der Waals surface area contributed by atoms with Crippen LogP contribution in [0.25, 0.3) is 22.3 Å². The van der Waals surface area contributed by atoms with Crippen LogP contribution in [0.2, 0.25) is 0 Å². The van der Waals surface area contributed by atoms with Gasteiger partial charge in [0.2, 0.25) is 17.7 Å². The molecule has 382 valence electrons. The minimum atomic E-state index is -1.06. The van der Waals surface area contributed by atoms with Crippen LogP contribution in [0.1, 0.15) is 55.9 Å². The van der Waals surface area contributed by atoms with Gasteiger partial charge in [-0.15, -0.1) is 0 Å². The second-order valence-electron chi connectivity index (χ2n) is 16.8. The van der Waals surface area contributed by atoms with Gasteiger partial charge in [0.05, 0.1) is 83.6 Å². The maximum Gasteiger partial charge on any atom is 0.266 e. The standard InChI is InChI=1S/C52H54FN7O12S/c53-42-30-37(8-10-38(42)34-28-41(48(54)56-31-34)32-7-9-39-33(27-32)13-15-55-49(39)63)73-59-36-4-1-3-35(29-36)57-46(62)14-16-67-17-18-68-19-20-69-21-22-70-23-24-71-25-26-72-44-6-2-5-40-47(44)52(66)60(51(40)65)43-11-12-45(61)58-50(43)64/h1-10,27-31,43,59H,11-26H2,(H2,54,56)(H,55,63)(H,57,62)(H,58,61,64). The van der Waals surface area contributed by atoms with Crippen LogP contribution < -0.4 is 31.1 Å². The quantitative estimate of drug-likeness (QED) is 0.0263. The third kappa shape index (κ3) is 13.6. The molecular weight excluding hydrogens is 966 g/mol. The number of rotatable bonds is 26. The normalized spacial score (nSPS) is 15.2. The summed E-state index contributed by atoms with van der Waals surface area (Å²) >= 11 is 1.23. The van der Waals surface area contributed by atoms with E-state index >= 15 is 4.39 Å². The number of ether oxygens (including phenoxy) is 6. The lowest BCUT2D eigenvalue weighted by Crippen LogP contribution is -2.54. The maximum atomic E-state index is 15.5. The largest absolute Gasteiger partial charge is 0.490 e. The minimum absolute atomic E-state index is 0.0340. The Balaban J connectivity index is 0.632. The van der Waals surface area contributed by atoms with Crippen molar-refractivity contribution in [2.75, 3.05) is 95.0 Å². The fourth-order valence-electron chi connectivity index (χ4n) is 8.21. The SMILES string of the molecule is Nc1ncc(-c2ccc(SNc3cccc(NC(=O)CCOCCOCCOCCOCCOCCOc4cccc5c4C(=O)N(C4CCC(=O)NC4=O)C5=O)c3)cc2F)cc1-c1ccc2c(c1)CCNC2=O. The summed E-state index contributed by atoms with van der Waals surface area (Å²) in [5.41, 5.74) is 11.7. The molecule has 1 aromatic heterocycles. The van der Waals surface area contributed by atoms with Crippen LogP contribution >= 0.6 is 11.9 Å². The van der Waals surface area contributed by atoms with E-state index in [0.29, 0.717) is 110 Å². The van der Waals surface area contributed by atoms with Gasteiger partial charge in [-0.25, -0.2) is 9.37 Å². The summed E-state index contributed by atoms with van der Waals surface area (Å²) in [6.07, 6.45) is 2.49. The first-order chi connectivity index (χ1) is 35.5. The van der Waals surface area contributed by atoms with E-state index in [-0.39, 0.29) is 67.8 Å². The van der Waals surface area contributed by atoms with E-state index in [9.17, 15) is 28.8 Å². The number of carbonyl (C=O) groups excluding carboxylic acids is 6. The smallest absolute Gasteiger partial charge is 0.266 e. The van der Waals surface area contributed by atoms with Crippen molar-refractivity contribution in [1.29, 1.82) is 0 Å². The molecule has 4 heterocycles. The summed E-state index contributed by atoms with van der Waals surface area (Å²) in [4.78, 5) is 80.8. The van der Waals surface area contributed by atoms with E-state index < -0.39 is 35.5 Å². The first kappa shape index (κ1) is 52.1. The maximum absolute atomic E-state index is 15.5.